The number of hydrogen-bond acceptors (Lipinski definition) is 4. The molecule has 0 aliphatic rings. The zero-order chi connectivity index (χ0) is 12.8. The Morgan fingerprint density at radius 1 is 1.44 bits per heavy atom. The number of ether oxygens (including phenoxy) is 1. The lowest BCUT2D eigenvalue weighted by atomic mass is 10.2. The minimum Gasteiger partial charge on any atom is -0.480 e. The second kappa shape index (κ2) is 5.81. The van der Waals surface area contributed by atoms with E-state index in [-0.39, 0.29) is 5.91 Å². The maximum atomic E-state index is 11.9. The van der Waals surface area contributed by atoms with Crippen LogP contribution in [0.2, 0.25) is 0 Å². The lowest BCUT2D eigenvalue weighted by Crippen LogP contribution is -2.26. The summed E-state index contributed by atoms with van der Waals surface area (Å²) in [6, 6.07) is 3.37. The van der Waals surface area contributed by atoms with E-state index in [1.807, 2.05) is 0 Å². The van der Waals surface area contributed by atoms with Crippen molar-refractivity contribution in [2.45, 2.75) is 6.42 Å². The molecule has 0 unspecified atom stereocenters. The molecular formula is C12H14N4O2. The summed E-state index contributed by atoms with van der Waals surface area (Å²) in [5, 5.41) is 2.79. The predicted octanol–water partition coefficient (Wildman–Crippen LogP) is 0.786. The van der Waals surface area contributed by atoms with Crippen LogP contribution in [0.3, 0.4) is 0 Å². The van der Waals surface area contributed by atoms with Gasteiger partial charge in [0, 0.05) is 31.6 Å². The van der Waals surface area contributed by atoms with Gasteiger partial charge >= 0.3 is 0 Å². The first-order chi connectivity index (χ1) is 8.81. The van der Waals surface area contributed by atoms with Gasteiger partial charge in [-0.15, -0.1) is 0 Å². The lowest BCUT2D eigenvalue weighted by molar-refractivity contribution is 0.0950. The molecule has 2 N–H and O–H groups in total. The van der Waals surface area contributed by atoms with Crippen molar-refractivity contribution in [2.75, 3.05) is 13.7 Å². The number of aromatic nitrogens is 3. The Morgan fingerprint density at radius 2 is 2.33 bits per heavy atom. The van der Waals surface area contributed by atoms with Crippen LogP contribution in [0, 0.1) is 0 Å². The molecule has 0 aromatic carbocycles. The smallest absolute Gasteiger partial charge is 0.256 e. The molecule has 2 rings (SSSR count). The molecule has 0 fully saturated rings. The fourth-order valence-electron chi connectivity index (χ4n) is 1.55. The van der Waals surface area contributed by atoms with Crippen LogP contribution in [0.25, 0.3) is 0 Å². The number of rotatable bonds is 5. The molecule has 0 radical (unpaired) electrons. The van der Waals surface area contributed by atoms with E-state index in [0.717, 1.165) is 5.82 Å². The normalized spacial score (nSPS) is 10.1. The van der Waals surface area contributed by atoms with Crippen molar-refractivity contribution in [3.05, 3.63) is 42.1 Å². The van der Waals surface area contributed by atoms with E-state index in [9.17, 15) is 4.79 Å². The van der Waals surface area contributed by atoms with Gasteiger partial charge in [-0.2, -0.15) is 0 Å². The van der Waals surface area contributed by atoms with Crippen LogP contribution < -0.4 is 10.1 Å². The van der Waals surface area contributed by atoms with Crippen LogP contribution in [-0.4, -0.2) is 34.5 Å². The van der Waals surface area contributed by atoms with Gasteiger partial charge in [0.2, 0.25) is 5.88 Å². The number of imidazole rings is 1. The molecule has 2 heterocycles. The molecule has 18 heavy (non-hydrogen) atoms. The highest BCUT2D eigenvalue weighted by atomic mass is 16.5. The number of aromatic amines is 1. The van der Waals surface area contributed by atoms with Crippen molar-refractivity contribution < 1.29 is 9.53 Å². The Labute approximate surface area is 104 Å². The molecule has 2 aromatic heterocycles. The zero-order valence-electron chi connectivity index (χ0n) is 10.0. The third-order valence-corrected chi connectivity index (χ3v) is 2.41. The number of H-pyrrole nitrogens is 1. The first-order valence-electron chi connectivity index (χ1n) is 5.56. The summed E-state index contributed by atoms with van der Waals surface area (Å²) in [5.74, 6) is 0.966. The number of hydrogen-bond donors (Lipinski definition) is 2. The molecule has 0 aliphatic carbocycles. The third-order valence-electron chi connectivity index (χ3n) is 2.41. The molecule has 2 aromatic rings. The minimum absolute atomic E-state index is 0.202. The van der Waals surface area contributed by atoms with Gasteiger partial charge < -0.3 is 15.0 Å². The molecule has 0 bridgehead atoms. The van der Waals surface area contributed by atoms with E-state index in [2.05, 4.69) is 20.3 Å². The Kier molecular flexibility index (Phi) is 3.90. The standard InChI is InChI=1S/C12H14N4O2/c1-18-12-9(3-2-5-16-12)11(17)15-6-4-10-13-7-8-14-10/h2-3,5,7-8H,4,6H2,1H3,(H,13,14)(H,15,17). The van der Waals surface area contributed by atoms with Gasteiger partial charge in [-0.1, -0.05) is 0 Å². The van der Waals surface area contributed by atoms with Gasteiger partial charge in [0.15, 0.2) is 0 Å². The van der Waals surface area contributed by atoms with E-state index in [1.54, 1.807) is 30.7 Å². The Balaban J connectivity index is 1.91. The van der Waals surface area contributed by atoms with Crippen LogP contribution in [0.15, 0.2) is 30.7 Å². The maximum Gasteiger partial charge on any atom is 0.256 e. The topological polar surface area (TPSA) is 79.9 Å². The highest BCUT2D eigenvalue weighted by Gasteiger charge is 2.11. The summed E-state index contributed by atoms with van der Waals surface area (Å²) in [4.78, 5) is 22.9. The molecule has 6 nitrogen and oxygen atoms in total. The van der Waals surface area contributed by atoms with Crippen LogP contribution in [-0.2, 0) is 6.42 Å². The number of nitrogens with zero attached hydrogens (tertiary/aromatic N) is 2. The third kappa shape index (κ3) is 2.85. The number of methoxy groups -OCH3 is 1. The van der Waals surface area contributed by atoms with Gasteiger partial charge in [0.1, 0.15) is 11.4 Å². The van der Waals surface area contributed by atoms with Crippen molar-refractivity contribution >= 4 is 5.91 Å². The lowest BCUT2D eigenvalue weighted by Gasteiger charge is -2.07. The molecule has 1 amide bonds. The Hall–Kier alpha value is -2.37. The molecule has 0 spiro atoms. The first-order valence-corrected chi connectivity index (χ1v) is 5.56. The van der Waals surface area contributed by atoms with Gasteiger partial charge in [0.05, 0.1) is 7.11 Å². The molecule has 94 valence electrons. The largest absolute Gasteiger partial charge is 0.480 e. The van der Waals surface area contributed by atoms with Crippen molar-refractivity contribution in [3.63, 3.8) is 0 Å². The Morgan fingerprint density at radius 3 is 3.06 bits per heavy atom. The summed E-state index contributed by atoms with van der Waals surface area (Å²) < 4.78 is 5.03. The summed E-state index contributed by atoms with van der Waals surface area (Å²) in [7, 11) is 1.49. The van der Waals surface area contributed by atoms with E-state index in [0.29, 0.717) is 24.4 Å². The average Bonchev–Trinajstić information content (AvgIpc) is 2.91. The maximum absolute atomic E-state index is 11.9. The van der Waals surface area contributed by atoms with Gasteiger partial charge in [-0.3, -0.25) is 4.79 Å². The average molecular weight is 246 g/mol. The molecule has 6 heteroatoms. The highest BCUT2D eigenvalue weighted by Crippen LogP contribution is 2.12. The van der Waals surface area contributed by atoms with Crippen molar-refractivity contribution in [1.29, 1.82) is 0 Å². The van der Waals surface area contributed by atoms with Crippen LogP contribution in [0.4, 0.5) is 0 Å². The molecule has 0 atom stereocenters. The van der Waals surface area contributed by atoms with Crippen molar-refractivity contribution in [3.8, 4) is 5.88 Å². The van der Waals surface area contributed by atoms with E-state index >= 15 is 0 Å². The fourth-order valence-corrected chi connectivity index (χ4v) is 1.55. The van der Waals surface area contributed by atoms with E-state index in [4.69, 9.17) is 4.74 Å². The molecule has 0 saturated heterocycles. The van der Waals surface area contributed by atoms with Gasteiger partial charge in [-0.05, 0) is 12.1 Å². The molecule has 0 aliphatic heterocycles. The second-order valence-electron chi connectivity index (χ2n) is 3.60. The first kappa shape index (κ1) is 12.1. The van der Waals surface area contributed by atoms with E-state index in [1.165, 1.54) is 7.11 Å². The Bertz CT molecular complexity index is 511. The summed E-state index contributed by atoms with van der Waals surface area (Å²) in [5.41, 5.74) is 0.430. The number of pyridine rings is 1. The summed E-state index contributed by atoms with van der Waals surface area (Å²) >= 11 is 0. The number of nitrogens with one attached hydrogen (secondary N) is 2. The SMILES string of the molecule is COc1ncccc1C(=O)NCCc1ncc[nH]1. The van der Waals surface area contributed by atoms with Crippen molar-refractivity contribution in [2.24, 2.45) is 0 Å². The predicted molar refractivity (Wildman–Crippen MR) is 65.4 cm³/mol. The zero-order valence-corrected chi connectivity index (χ0v) is 10.0. The van der Waals surface area contributed by atoms with E-state index < -0.39 is 0 Å². The molecular weight excluding hydrogens is 232 g/mol. The summed E-state index contributed by atoms with van der Waals surface area (Å²) in [6.45, 7) is 0.504. The van der Waals surface area contributed by atoms with Crippen LogP contribution in [0.5, 0.6) is 5.88 Å². The van der Waals surface area contributed by atoms with Crippen LogP contribution in [0.1, 0.15) is 16.2 Å². The van der Waals surface area contributed by atoms with Crippen LogP contribution >= 0.6 is 0 Å². The van der Waals surface area contributed by atoms with Crippen molar-refractivity contribution in [1.82, 2.24) is 20.3 Å². The van der Waals surface area contributed by atoms with Gasteiger partial charge in [-0.25, -0.2) is 9.97 Å². The number of carbonyl (C=O) groups excluding carboxylic acids is 1. The number of amides is 1. The quantitative estimate of drug-likeness (QED) is 0.817. The highest BCUT2D eigenvalue weighted by molar-refractivity contribution is 5.96. The molecule has 0 saturated carbocycles. The van der Waals surface area contributed by atoms with Gasteiger partial charge in [0.25, 0.3) is 5.91 Å². The monoisotopic (exact) mass is 246 g/mol. The second-order valence-corrected chi connectivity index (χ2v) is 3.60. The fraction of sp³-hybridized carbons (Fsp3) is 0.250. The summed E-state index contributed by atoms with van der Waals surface area (Å²) in [6.07, 6.45) is 5.67. The minimum atomic E-state index is -0.202. The number of carbonyl (C=O) groups is 1.